The van der Waals surface area contributed by atoms with Gasteiger partial charge in [0.15, 0.2) is 0 Å². The van der Waals surface area contributed by atoms with Gasteiger partial charge in [0.05, 0.1) is 18.8 Å². The number of esters is 1. The molecule has 0 aliphatic heterocycles. The second-order valence-corrected chi connectivity index (χ2v) is 7.24. The van der Waals surface area contributed by atoms with Crippen LogP contribution in [-0.4, -0.2) is 57.2 Å². The summed E-state index contributed by atoms with van der Waals surface area (Å²) in [5.41, 5.74) is 1.91. The van der Waals surface area contributed by atoms with Gasteiger partial charge in [-0.05, 0) is 37.3 Å². The first kappa shape index (κ1) is 21.9. The van der Waals surface area contributed by atoms with Crippen molar-refractivity contribution >= 4 is 11.9 Å². The molecule has 162 valence electrons. The fourth-order valence-corrected chi connectivity index (χ4v) is 2.91. The molecule has 0 fully saturated rings. The zero-order valence-electron chi connectivity index (χ0n) is 18.0. The van der Waals surface area contributed by atoms with Crippen molar-refractivity contribution < 1.29 is 19.1 Å². The Kier molecular flexibility index (Phi) is 6.96. The van der Waals surface area contributed by atoms with Gasteiger partial charge in [0, 0.05) is 24.7 Å². The van der Waals surface area contributed by atoms with E-state index in [9.17, 15) is 9.59 Å². The highest BCUT2D eigenvalue weighted by molar-refractivity contribution is 5.90. The van der Waals surface area contributed by atoms with Crippen LogP contribution in [0.1, 0.15) is 29.8 Å². The lowest BCUT2D eigenvalue weighted by Crippen LogP contribution is -2.30. The van der Waals surface area contributed by atoms with Crippen molar-refractivity contribution in [2.24, 2.45) is 0 Å². The van der Waals surface area contributed by atoms with Gasteiger partial charge in [-0.1, -0.05) is 30.3 Å². The number of hydrogen-bond donors (Lipinski definition) is 0. The number of rotatable bonds is 8. The second kappa shape index (κ2) is 9.84. The van der Waals surface area contributed by atoms with Crippen molar-refractivity contribution in [3.63, 3.8) is 0 Å². The summed E-state index contributed by atoms with van der Waals surface area (Å²) in [6.07, 6.45) is -0.214. The lowest BCUT2D eigenvalue weighted by atomic mass is 10.1. The molecule has 1 amide bonds. The van der Waals surface area contributed by atoms with Crippen LogP contribution in [0, 0.1) is 0 Å². The molecule has 3 rings (SSSR count). The van der Waals surface area contributed by atoms with Gasteiger partial charge in [-0.25, -0.2) is 4.79 Å². The highest BCUT2D eigenvalue weighted by atomic mass is 16.5. The predicted molar refractivity (Wildman–Crippen MR) is 113 cm³/mol. The first-order valence-electron chi connectivity index (χ1n) is 9.82. The van der Waals surface area contributed by atoms with Crippen molar-refractivity contribution in [2.45, 2.75) is 33.0 Å². The molecule has 0 bridgehead atoms. The van der Waals surface area contributed by atoms with Gasteiger partial charge in [0.1, 0.15) is 12.3 Å². The molecule has 0 radical (unpaired) electrons. The Labute approximate surface area is 180 Å². The highest BCUT2D eigenvalue weighted by Crippen LogP contribution is 2.19. The Hall–Kier alpha value is -3.75. The maximum absolute atomic E-state index is 12.6. The number of aromatic nitrogens is 4. The fraction of sp³-hybridized carbons (Fsp3) is 0.318. The molecule has 1 heterocycles. The summed E-state index contributed by atoms with van der Waals surface area (Å²) < 4.78 is 10.6. The van der Waals surface area contributed by atoms with Crippen LogP contribution in [0.15, 0.2) is 48.5 Å². The van der Waals surface area contributed by atoms with Crippen molar-refractivity contribution in [1.82, 2.24) is 25.1 Å². The van der Waals surface area contributed by atoms with E-state index in [0.29, 0.717) is 23.5 Å². The van der Waals surface area contributed by atoms with Gasteiger partial charge >= 0.3 is 5.97 Å². The molecule has 0 unspecified atom stereocenters. The highest BCUT2D eigenvalue weighted by Gasteiger charge is 2.16. The zero-order chi connectivity index (χ0) is 22.4. The number of hydrogen-bond acceptors (Lipinski definition) is 7. The molecule has 3 aromatic rings. The summed E-state index contributed by atoms with van der Waals surface area (Å²) in [7, 11) is 3.30. The quantitative estimate of drug-likeness (QED) is 0.514. The van der Waals surface area contributed by atoms with Crippen LogP contribution in [0.3, 0.4) is 0 Å². The third-order valence-corrected chi connectivity index (χ3v) is 4.45. The number of para-hydroxylation sites is 1. The van der Waals surface area contributed by atoms with Gasteiger partial charge in [-0.15, -0.1) is 10.2 Å². The summed E-state index contributed by atoms with van der Waals surface area (Å²) in [4.78, 5) is 27.5. The lowest BCUT2D eigenvalue weighted by molar-refractivity contribution is -0.131. The molecule has 0 N–H and O–H groups in total. The number of tetrazole rings is 1. The first-order valence-corrected chi connectivity index (χ1v) is 9.82. The summed E-state index contributed by atoms with van der Waals surface area (Å²) in [5.74, 6) is 0.445. The van der Waals surface area contributed by atoms with Gasteiger partial charge in [-0.2, -0.15) is 4.80 Å². The molecular weight excluding hydrogens is 398 g/mol. The first-order chi connectivity index (χ1) is 14.9. The molecule has 0 saturated heterocycles. The van der Waals surface area contributed by atoms with Crippen LogP contribution in [0.5, 0.6) is 5.75 Å². The van der Waals surface area contributed by atoms with Crippen molar-refractivity contribution in [3.8, 4) is 17.1 Å². The number of methoxy groups -OCH3 is 1. The summed E-state index contributed by atoms with van der Waals surface area (Å²) in [6, 6.07) is 14.3. The van der Waals surface area contributed by atoms with Crippen molar-refractivity contribution in [3.05, 3.63) is 59.7 Å². The average Bonchev–Trinajstić information content (AvgIpc) is 3.22. The van der Waals surface area contributed by atoms with E-state index < -0.39 is 5.97 Å². The number of amides is 1. The minimum atomic E-state index is -0.419. The van der Waals surface area contributed by atoms with Crippen LogP contribution in [0.2, 0.25) is 0 Å². The monoisotopic (exact) mass is 423 g/mol. The topological polar surface area (TPSA) is 99.4 Å². The third kappa shape index (κ3) is 5.65. The molecular formula is C22H25N5O4. The van der Waals surface area contributed by atoms with Crippen LogP contribution in [-0.2, 0) is 22.6 Å². The standard InChI is InChI=1S/C22H25N5O4/c1-15(2)31-22(29)17-10-7-9-16(12-17)21-23-25-27(24-21)14-20(28)26(3)13-18-8-5-6-11-19(18)30-4/h5-12,15H,13-14H2,1-4H3. The molecule has 2 aromatic carbocycles. The molecule has 0 aliphatic carbocycles. The van der Waals surface area contributed by atoms with E-state index in [1.807, 2.05) is 24.3 Å². The van der Waals surface area contributed by atoms with Crippen molar-refractivity contribution in [2.75, 3.05) is 14.2 Å². The SMILES string of the molecule is COc1ccccc1CN(C)C(=O)Cn1nnc(-c2cccc(C(=O)OC(C)C)c2)n1. The normalized spacial score (nSPS) is 10.7. The predicted octanol–water partition coefficient (Wildman–Crippen LogP) is 2.57. The number of nitrogens with zero attached hydrogens (tertiary/aromatic N) is 5. The Bertz CT molecular complexity index is 1060. The zero-order valence-corrected chi connectivity index (χ0v) is 18.0. The Morgan fingerprint density at radius 3 is 2.65 bits per heavy atom. The van der Waals surface area contributed by atoms with E-state index in [1.165, 1.54) is 4.80 Å². The molecule has 0 saturated carbocycles. The van der Waals surface area contributed by atoms with Gasteiger partial charge < -0.3 is 14.4 Å². The van der Waals surface area contributed by atoms with Crippen molar-refractivity contribution in [1.29, 1.82) is 0 Å². The Morgan fingerprint density at radius 1 is 1.13 bits per heavy atom. The number of benzene rings is 2. The van der Waals surface area contributed by atoms with Crippen LogP contribution in [0.4, 0.5) is 0 Å². The van der Waals surface area contributed by atoms with Crippen LogP contribution >= 0.6 is 0 Å². The molecule has 9 nitrogen and oxygen atoms in total. The van der Waals surface area contributed by atoms with Crippen LogP contribution in [0.25, 0.3) is 11.4 Å². The average molecular weight is 423 g/mol. The number of carbonyl (C=O) groups is 2. The van der Waals surface area contributed by atoms with E-state index in [0.717, 1.165) is 11.3 Å². The van der Waals surface area contributed by atoms with E-state index >= 15 is 0 Å². The maximum Gasteiger partial charge on any atom is 0.338 e. The van der Waals surface area contributed by atoms with Gasteiger partial charge in [0.2, 0.25) is 11.7 Å². The number of ether oxygens (including phenoxy) is 2. The summed E-state index contributed by atoms with van der Waals surface area (Å²) in [5, 5.41) is 12.3. The number of carbonyl (C=O) groups excluding carboxylic acids is 2. The minimum absolute atomic E-state index is 0.0618. The minimum Gasteiger partial charge on any atom is -0.496 e. The fourth-order valence-electron chi connectivity index (χ4n) is 2.91. The Balaban J connectivity index is 1.67. The summed E-state index contributed by atoms with van der Waals surface area (Å²) in [6.45, 7) is 3.91. The molecule has 0 atom stereocenters. The molecule has 0 spiro atoms. The van der Waals surface area contributed by atoms with Crippen LogP contribution < -0.4 is 4.74 Å². The van der Waals surface area contributed by atoms with E-state index in [1.54, 1.807) is 57.2 Å². The van der Waals surface area contributed by atoms with E-state index in [-0.39, 0.29) is 18.6 Å². The summed E-state index contributed by atoms with van der Waals surface area (Å²) >= 11 is 0. The number of likely N-dealkylation sites (N-methyl/N-ethyl adjacent to an activating group) is 1. The molecule has 1 aromatic heterocycles. The molecule has 0 aliphatic rings. The Morgan fingerprint density at radius 2 is 1.90 bits per heavy atom. The van der Waals surface area contributed by atoms with E-state index in [2.05, 4.69) is 15.4 Å². The van der Waals surface area contributed by atoms with Gasteiger partial charge in [-0.3, -0.25) is 4.79 Å². The maximum atomic E-state index is 12.6. The second-order valence-electron chi connectivity index (χ2n) is 7.24. The van der Waals surface area contributed by atoms with Gasteiger partial charge in [0.25, 0.3) is 0 Å². The molecule has 9 heteroatoms. The largest absolute Gasteiger partial charge is 0.496 e. The van der Waals surface area contributed by atoms with E-state index in [4.69, 9.17) is 9.47 Å². The molecule has 31 heavy (non-hydrogen) atoms. The smallest absolute Gasteiger partial charge is 0.338 e. The lowest BCUT2D eigenvalue weighted by Gasteiger charge is -2.18. The third-order valence-electron chi connectivity index (χ3n) is 4.45.